The maximum absolute atomic E-state index is 11.0. The molecule has 0 saturated carbocycles. The second-order valence-corrected chi connectivity index (χ2v) is 2.77. The van der Waals surface area contributed by atoms with Gasteiger partial charge in [0.2, 0.25) is 5.91 Å². The molecule has 0 aliphatic carbocycles. The Balaban J connectivity index is 2.33. The van der Waals surface area contributed by atoms with Gasteiger partial charge in [0.15, 0.2) is 0 Å². The standard InChI is InChI=1S/C7H14N2O2/c1-9-7(10)6-3-2-5(8)4-11-6/h5-6H,2-4,8H2,1H3,(H,9,10)/t5-,6+/m1/s1. The van der Waals surface area contributed by atoms with Crippen LogP contribution < -0.4 is 11.1 Å². The number of hydrogen-bond acceptors (Lipinski definition) is 3. The second-order valence-electron chi connectivity index (χ2n) is 2.77. The van der Waals surface area contributed by atoms with Crippen LogP contribution in [0.2, 0.25) is 0 Å². The summed E-state index contributed by atoms with van der Waals surface area (Å²) in [5.41, 5.74) is 5.58. The number of carbonyl (C=O) groups excluding carboxylic acids is 1. The van der Waals surface area contributed by atoms with Crippen LogP contribution in [0, 0.1) is 0 Å². The first kappa shape index (κ1) is 8.49. The highest BCUT2D eigenvalue weighted by atomic mass is 16.5. The third kappa shape index (κ3) is 2.17. The van der Waals surface area contributed by atoms with Gasteiger partial charge in [0.05, 0.1) is 6.61 Å². The molecule has 1 aliphatic heterocycles. The fourth-order valence-electron chi connectivity index (χ4n) is 1.14. The predicted octanol–water partition coefficient (Wildman–Crippen LogP) is -0.761. The molecule has 11 heavy (non-hydrogen) atoms. The van der Waals surface area contributed by atoms with E-state index >= 15 is 0 Å². The van der Waals surface area contributed by atoms with Crippen molar-refractivity contribution < 1.29 is 9.53 Å². The van der Waals surface area contributed by atoms with Crippen molar-refractivity contribution in [2.45, 2.75) is 25.0 Å². The van der Waals surface area contributed by atoms with Crippen molar-refractivity contribution in [2.24, 2.45) is 5.73 Å². The third-order valence-electron chi connectivity index (χ3n) is 1.85. The van der Waals surface area contributed by atoms with E-state index in [0.29, 0.717) is 6.61 Å². The molecule has 1 fully saturated rings. The molecule has 1 rings (SSSR count). The molecule has 0 aromatic heterocycles. The number of likely N-dealkylation sites (N-methyl/N-ethyl adjacent to an activating group) is 1. The number of ether oxygens (including phenoxy) is 1. The fraction of sp³-hybridized carbons (Fsp3) is 0.857. The van der Waals surface area contributed by atoms with Crippen molar-refractivity contribution in [2.75, 3.05) is 13.7 Å². The Kier molecular flexibility index (Phi) is 2.84. The van der Waals surface area contributed by atoms with Crippen LogP contribution >= 0.6 is 0 Å². The van der Waals surface area contributed by atoms with Gasteiger partial charge in [0.1, 0.15) is 6.10 Å². The van der Waals surface area contributed by atoms with Crippen molar-refractivity contribution in [1.29, 1.82) is 0 Å². The Bertz CT molecular complexity index is 141. The van der Waals surface area contributed by atoms with Crippen molar-refractivity contribution in [1.82, 2.24) is 5.32 Å². The van der Waals surface area contributed by atoms with E-state index in [1.165, 1.54) is 0 Å². The summed E-state index contributed by atoms with van der Waals surface area (Å²) in [6.45, 7) is 0.498. The van der Waals surface area contributed by atoms with Gasteiger partial charge in [0, 0.05) is 13.1 Å². The van der Waals surface area contributed by atoms with E-state index in [1.54, 1.807) is 7.05 Å². The minimum atomic E-state index is -0.278. The second kappa shape index (κ2) is 3.69. The molecule has 64 valence electrons. The van der Waals surface area contributed by atoms with Crippen LogP contribution in [-0.2, 0) is 9.53 Å². The summed E-state index contributed by atoms with van der Waals surface area (Å²) in [6.07, 6.45) is 1.33. The predicted molar refractivity (Wildman–Crippen MR) is 41.0 cm³/mol. The van der Waals surface area contributed by atoms with Crippen LogP contribution in [0.4, 0.5) is 0 Å². The minimum Gasteiger partial charge on any atom is -0.367 e. The number of carbonyl (C=O) groups is 1. The Morgan fingerprint density at radius 3 is 2.82 bits per heavy atom. The third-order valence-corrected chi connectivity index (χ3v) is 1.85. The molecular formula is C7H14N2O2. The van der Waals surface area contributed by atoms with Gasteiger partial charge in [-0.05, 0) is 12.8 Å². The average molecular weight is 158 g/mol. The molecule has 3 N–H and O–H groups in total. The summed E-state index contributed by atoms with van der Waals surface area (Å²) < 4.78 is 5.21. The molecule has 0 aromatic rings. The average Bonchev–Trinajstić information content (AvgIpc) is 2.05. The van der Waals surface area contributed by atoms with Crippen LogP contribution in [0.1, 0.15) is 12.8 Å². The lowest BCUT2D eigenvalue weighted by molar-refractivity contribution is -0.135. The van der Waals surface area contributed by atoms with Gasteiger partial charge in [-0.15, -0.1) is 0 Å². The zero-order valence-electron chi connectivity index (χ0n) is 6.67. The van der Waals surface area contributed by atoms with Gasteiger partial charge in [0.25, 0.3) is 0 Å². The van der Waals surface area contributed by atoms with E-state index in [1.807, 2.05) is 0 Å². The summed E-state index contributed by atoms with van der Waals surface area (Å²) in [4.78, 5) is 11.0. The van der Waals surface area contributed by atoms with Crippen LogP contribution in [0.3, 0.4) is 0 Å². The molecule has 0 spiro atoms. The van der Waals surface area contributed by atoms with Crippen molar-refractivity contribution in [3.63, 3.8) is 0 Å². The van der Waals surface area contributed by atoms with Crippen LogP contribution in [0.25, 0.3) is 0 Å². The number of nitrogens with one attached hydrogen (secondary N) is 1. The highest BCUT2D eigenvalue weighted by Crippen LogP contribution is 2.11. The molecule has 1 saturated heterocycles. The largest absolute Gasteiger partial charge is 0.367 e. The molecule has 1 aliphatic rings. The first-order chi connectivity index (χ1) is 5.24. The van der Waals surface area contributed by atoms with Crippen LogP contribution in [0.15, 0.2) is 0 Å². The smallest absolute Gasteiger partial charge is 0.248 e. The SMILES string of the molecule is CNC(=O)[C@@H]1CC[C@@H](N)CO1. The van der Waals surface area contributed by atoms with Crippen molar-refractivity contribution in [3.05, 3.63) is 0 Å². The molecule has 0 bridgehead atoms. The van der Waals surface area contributed by atoms with E-state index in [-0.39, 0.29) is 18.1 Å². The quantitative estimate of drug-likeness (QED) is 0.527. The first-order valence-corrected chi connectivity index (χ1v) is 3.83. The van der Waals surface area contributed by atoms with Crippen molar-refractivity contribution in [3.8, 4) is 0 Å². The van der Waals surface area contributed by atoms with Gasteiger partial charge in [-0.1, -0.05) is 0 Å². The highest BCUT2D eigenvalue weighted by molar-refractivity contribution is 5.80. The number of nitrogens with two attached hydrogens (primary N) is 1. The Morgan fingerprint density at radius 2 is 2.36 bits per heavy atom. The first-order valence-electron chi connectivity index (χ1n) is 3.83. The Labute approximate surface area is 66.1 Å². The summed E-state index contributed by atoms with van der Waals surface area (Å²) in [5, 5.41) is 2.54. The molecule has 1 amide bonds. The molecule has 1 heterocycles. The van der Waals surface area contributed by atoms with Gasteiger partial charge in [-0.3, -0.25) is 4.79 Å². The lowest BCUT2D eigenvalue weighted by Crippen LogP contribution is -2.42. The van der Waals surface area contributed by atoms with E-state index < -0.39 is 0 Å². The summed E-state index contributed by atoms with van der Waals surface area (Å²) in [5.74, 6) is -0.0445. The van der Waals surface area contributed by atoms with E-state index in [0.717, 1.165) is 12.8 Å². The maximum atomic E-state index is 11.0. The van der Waals surface area contributed by atoms with E-state index in [2.05, 4.69) is 5.32 Å². The van der Waals surface area contributed by atoms with Crippen LogP contribution in [-0.4, -0.2) is 31.7 Å². The normalized spacial score (nSPS) is 31.5. The molecule has 0 unspecified atom stereocenters. The van der Waals surface area contributed by atoms with Gasteiger partial charge < -0.3 is 15.8 Å². The maximum Gasteiger partial charge on any atom is 0.248 e. The lowest BCUT2D eigenvalue weighted by atomic mass is 10.1. The summed E-state index contributed by atoms with van der Waals surface area (Å²) in [6, 6.07) is 0.107. The zero-order chi connectivity index (χ0) is 8.27. The number of amides is 1. The van der Waals surface area contributed by atoms with Gasteiger partial charge >= 0.3 is 0 Å². The van der Waals surface area contributed by atoms with Gasteiger partial charge in [-0.25, -0.2) is 0 Å². The lowest BCUT2D eigenvalue weighted by Gasteiger charge is -2.25. The van der Waals surface area contributed by atoms with E-state index in [4.69, 9.17) is 10.5 Å². The molecule has 2 atom stereocenters. The fourth-order valence-corrected chi connectivity index (χ4v) is 1.14. The monoisotopic (exact) mass is 158 g/mol. The molecule has 0 radical (unpaired) electrons. The minimum absolute atomic E-state index is 0.0445. The molecule has 0 aromatic carbocycles. The zero-order valence-corrected chi connectivity index (χ0v) is 6.67. The number of rotatable bonds is 1. The number of hydrogen-bond donors (Lipinski definition) is 2. The summed E-state index contributed by atoms with van der Waals surface area (Å²) >= 11 is 0. The van der Waals surface area contributed by atoms with Crippen LogP contribution in [0.5, 0.6) is 0 Å². The Morgan fingerprint density at radius 1 is 1.64 bits per heavy atom. The van der Waals surface area contributed by atoms with E-state index in [9.17, 15) is 4.79 Å². The summed E-state index contributed by atoms with van der Waals surface area (Å²) in [7, 11) is 1.61. The van der Waals surface area contributed by atoms with Gasteiger partial charge in [-0.2, -0.15) is 0 Å². The topological polar surface area (TPSA) is 64.4 Å². The molecule has 4 nitrogen and oxygen atoms in total. The highest BCUT2D eigenvalue weighted by Gasteiger charge is 2.23. The molecule has 4 heteroatoms. The molecular weight excluding hydrogens is 144 g/mol. The Hall–Kier alpha value is -0.610. The van der Waals surface area contributed by atoms with Crippen molar-refractivity contribution >= 4 is 5.91 Å².